The second-order valence-corrected chi connectivity index (χ2v) is 5.92. The van der Waals surface area contributed by atoms with Crippen molar-refractivity contribution in [1.82, 2.24) is 15.3 Å². The molecule has 1 amide bonds. The Kier molecular flexibility index (Phi) is 4.50. The SMILES string of the molecule is O=C(NC[C@@H](Cc1ccc(F)cc1)C1CC1)c1nccc(=O)[nH]1. The van der Waals surface area contributed by atoms with Crippen LogP contribution in [0.2, 0.25) is 0 Å². The summed E-state index contributed by atoms with van der Waals surface area (Å²) in [4.78, 5) is 29.5. The highest BCUT2D eigenvalue weighted by molar-refractivity contribution is 5.90. The van der Waals surface area contributed by atoms with Crippen LogP contribution in [0.5, 0.6) is 0 Å². The van der Waals surface area contributed by atoms with Gasteiger partial charge in [0.2, 0.25) is 0 Å². The lowest BCUT2D eigenvalue weighted by Crippen LogP contribution is -2.33. The molecule has 1 aliphatic carbocycles. The summed E-state index contributed by atoms with van der Waals surface area (Å²) >= 11 is 0. The van der Waals surface area contributed by atoms with E-state index >= 15 is 0 Å². The molecule has 6 heteroatoms. The number of carbonyl (C=O) groups is 1. The summed E-state index contributed by atoms with van der Waals surface area (Å²) < 4.78 is 13.0. The highest BCUT2D eigenvalue weighted by Gasteiger charge is 2.31. The Labute approximate surface area is 133 Å². The number of nitrogens with one attached hydrogen (secondary N) is 2. The fraction of sp³-hybridized carbons (Fsp3) is 0.353. The summed E-state index contributed by atoms with van der Waals surface area (Å²) in [5, 5.41) is 2.83. The monoisotopic (exact) mass is 315 g/mol. The van der Waals surface area contributed by atoms with Crippen LogP contribution in [-0.4, -0.2) is 22.4 Å². The predicted octanol–water partition coefficient (Wildman–Crippen LogP) is 1.91. The van der Waals surface area contributed by atoms with Gasteiger partial charge in [0.1, 0.15) is 5.82 Å². The smallest absolute Gasteiger partial charge is 0.287 e. The number of H-pyrrole nitrogens is 1. The molecule has 1 heterocycles. The van der Waals surface area contributed by atoms with Gasteiger partial charge in [0, 0.05) is 18.8 Å². The minimum Gasteiger partial charge on any atom is -0.349 e. The number of nitrogens with zero attached hydrogens (tertiary/aromatic N) is 1. The third-order valence-electron chi connectivity index (χ3n) is 4.11. The molecule has 0 spiro atoms. The Hall–Kier alpha value is -2.50. The maximum absolute atomic E-state index is 13.0. The summed E-state index contributed by atoms with van der Waals surface area (Å²) in [6, 6.07) is 7.73. The van der Waals surface area contributed by atoms with Gasteiger partial charge in [0.25, 0.3) is 11.5 Å². The van der Waals surface area contributed by atoms with E-state index in [4.69, 9.17) is 0 Å². The van der Waals surface area contributed by atoms with Crippen LogP contribution >= 0.6 is 0 Å². The molecule has 1 atom stereocenters. The fourth-order valence-corrected chi connectivity index (χ4v) is 2.69. The molecular formula is C17H18FN3O2. The number of aromatic nitrogens is 2. The van der Waals surface area contributed by atoms with Crippen molar-refractivity contribution in [3.63, 3.8) is 0 Å². The zero-order valence-electron chi connectivity index (χ0n) is 12.6. The van der Waals surface area contributed by atoms with E-state index in [-0.39, 0.29) is 23.1 Å². The average Bonchev–Trinajstić information content (AvgIpc) is 3.38. The summed E-state index contributed by atoms with van der Waals surface area (Å²) in [5.41, 5.74) is 0.707. The molecule has 0 unspecified atom stereocenters. The number of aromatic amines is 1. The third-order valence-corrected chi connectivity index (χ3v) is 4.11. The van der Waals surface area contributed by atoms with Gasteiger partial charge in [-0.1, -0.05) is 12.1 Å². The van der Waals surface area contributed by atoms with Gasteiger partial charge in [-0.3, -0.25) is 9.59 Å². The number of hydrogen-bond acceptors (Lipinski definition) is 3. The standard InChI is InChI=1S/C17H18FN3O2/c18-14-5-1-11(2-6-14)9-13(12-3-4-12)10-20-17(23)16-19-8-7-15(22)21-16/h1-2,5-8,12-13H,3-4,9-10H2,(H,20,23)(H,19,21,22)/t13-/m1/s1. The minimum absolute atomic E-state index is 0.0221. The van der Waals surface area contributed by atoms with Crippen LogP contribution in [0.4, 0.5) is 4.39 Å². The maximum Gasteiger partial charge on any atom is 0.287 e. The minimum atomic E-state index is -0.382. The molecule has 5 nitrogen and oxygen atoms in total. The lowest BCUT2D eigenvalue weighted by Gasteiger charge is -2.17. The molecule has 2 aromatic rings. The quantitative estimate of drug-likeness (QED) is 0.855. The number of carbonyl (C=O) groups excluding carboxylic acids is 1. The van der Waals surface area contributed by atoms with E-state index in [1.165, 1.54) is 24.4 Å². The zero-order valence-corrected chi connectivity index (χ0v) is 12.6. The molecule has 120 valence electrons. The molecule has 2 N–H and O–H groups in total. The summed E-state index contributed by atoms with van der Waals surface area (Å²) in [5.74, 6) is 0.286. The Morgan fingerprint density at radius 1 is 1.30 bits per heavy atom. The van der Waals surface area contributed by atoms with E-state index in [2.05, 4.69) is 15.3 Å². The fourth-order valence-electron chi connectivity index (χ4n) is 2.69. The average molecular weight is 315 g/mol. The van der Waals surface area contributed by atoms with Gasteiger partial charge in [-0.05, 0) is 48.8 Å². The van der Waals surface area contributed by atoms with Gasteiger partial charge in [-0.15, -0.1) is 0 Å². The van der Waals surface area contributed by atoms with Crippen molar-refractivity contribution < 1.29 is 9.18 Å². The number of benzene rings is 1. The molecule has 1 aliphatic rings. The number of hydrogen-bond donors (Lipinski definition) is 2. The van der Waals surface area contributed by atoms with Crippen molar-refractivity contribution in [2.75, 3.05) is 6.54 Å². The van der Waals surface area contributed by atoms with E-state index in [0.29, 0.717) is 18.4 Å². The van der Waals surface area contributed by atoms with E-state index in [0.717, 1.165) is 24.8 Å². The van der Waals surface area contributed by atoms with Crippen molar-refractivity contribution in [2.45, 2.75) is 19.3 Å². The number of rotatable bonds is 6. The van der Waals surface area contributed by atoms with Crippen molar-refractivity contribution in [3.05, 3.63) is 64.1 Å². The first-order chi connectivity index (χ1) is 11.1. The van der Waals surface area contributed by atoms with Crippen LogP contribution in [0.15, 0.2) is 41.3 Å². The van der Waals surface area contributed by atoms with Gasteiger partial charge < -0.3 is 10.3 Å². The van der Waals surface area contributed by atoms with E-state index in [9.17, 15) is 14.0 Å². The Bertz CT molecular complexity index is 738. The van der Waals surface area contributed by atoms with Crippen LogP contribution in [-0.2, 0) is 6.42 Å². The van der Waals surface area contributed by atoms with E-state index in [1.807, 2.05) is 0 Å². The molecule has 1 aromatic carbocycles. The first kappa shape index (κ1) is 15.4. The topological polar surface area (TPSA) is 74.8 Å². The molecule has 1 fully saturated rings. The molecular weight excluding hydrogens is 297 g/mol. The summed E-state index contributed by atoms with van der Waals surface area (Å²) in [7, 11) is 0. The van der Waals surface area contributed by atoms with Crippen LogP contribution in [0.1, 0.15) is 29.0 Å². The third kappa shape index (κ3) is 4.25. The van der Waals surface area contributed by atoms with Crippen molar-refractivity contribution >= 4 is 5.91 Å². The lowest BCUT2D eigenvalue weighted by molar-refractivity contribution is 0.0934. The first-order valence-electron chi connectivity index (χ1n) is 7.70. The summed E-state index contributed by atoms with van der Waals surface area (Å²) in [6.07, 6.45) is 4.42. The highest BCUT2D eigenvalue weighted by Crippen LogP contribution is 2.38. The van der Waals surface area contributed by atoms with Gasteiger partial charge in [0.15, 0.2) is 5.82 Å². The van der Waals surface area contributed by atoms with Crippen LogP contribution in [0, 0.1) is 17.7 Å². The Morgan fingerprint density at radius 3 is 2.70 bits per heavy atom. The van der Waals surface area contributed by atoms with E-state index in [1.54, 1.807) is 12.1 Å². The van der Waals surface area contributed by atoms with E-state index < -0.39 is 0 Å². The molecule has 3 rings (SSSR count). The second kappa shape index (κ2) is 6.73. The van der Waals surface area contributed by atoms with Crippen molar-refractivity contribution in [2.24, 2.45) is 11.8 Å². The first-order valence-corrected chi connectivity index (χ1v) is 7.70. The molecule has 0 saturated heterocycles. The van der Waals surface area contributed by atoms with Crippen LogP contribution in [0.3, 0.4) is 0 Å². The molecule has 1 aromatic heterocycles. The highest BCUT2D eigenvalue weighted by atomic mass is 19.1. The van der Waals surface area contributed by atoms with Crippen LogP contribution in [0.25, 0.3) is 0 Å². The largest absolute Gasteiger partial charge is 0.349 e. The molecule has 0 bridgehead atoms. The van der Waals surface area contributed by atoms with Crippen molar-refractivity contribution in [1.29, 1.82) is 0 Å². The van der Waals surface area contributed by atoms with Gasteiger partial charge >= 0.3 is 0 Å². The Morgan fingerprint density at radius 2 is 2.04 bits per heavy atom. The van der Waals surface area contributed by atoms with Gasteiger partial charge in [0.05, 0.1) is 0 Å². The zero-order chi connectivity index (χ0) is 16.2. The van der Waals surface area contributed by atoms with Gasteiger partial charge in [-0.25, -0.2) is 9.37 Å². The second-order valence-electron chi connectivity index (χ2n) is 5.92. The molecule has 0 radical (unpaired) electrons. The van der Waals surface area contributed by atoms with Gasteiger partial charge in [-0.2, -0.15) is 0 Å². The molecule has 23 heavy (non-hydrogen) atoms. The summed E-state index contributed by atoms with van der Waals surface area (Å²) in [6.45, 7) is 0.513. The van der Waals surface area contributed by atoms with Crippen LogP contribution < -0.4 is 10.9 Å². The lowest BCUT2D eigenvalue weighted by atomic mass is 9.94. The number of amides is 1. The normalized spacial score (nSPS) is 15.2. The number of halogens is 1. The van der Waals surface area contributed by atoms with Crippen molar-refractivity contribution in [3.8, 4) is 0 Å². The Balaban J connectivity index is 1.60. The maximum atomic E-state index is 13.0. The molecule has 1 saturated carbocycles. The predicted molar refractivity (Wildman–Crippen MR) is 83.5 cm³/mol. The molecule has 0 aliphatic heterocycles.